The molecular formula is C15H24N2O2. The number of nitrogens with one attached hydrogen (secondary N) is 1. The van der Waals surface area contributed by atoms with Gasteiger partial charge in [-0.25, -0.2) is 0 Å². The van der Waals surface area contributed by atoms with E-state index in [2.05, 4.69) is 23.3 Å². The van der Waals surface area contributed by atoms with Crippen LogP contribution in [0, 0.1) is 5.92 Å². The third-order valence-corrected chi connectivity index (χ3v) is 3.72. The van der Waals surface area contributed by atoms with Crippen LogP contribution < -0.4 is 10.1 Å². The van der Waals surface area contributed by atoms with E-state index < -0.39 is 0 Å². The van der Waals surface area contributed by atoms with E-state index in [4.69, 9.17) is 9.47 Å². The lowest BCUT2D eigenvalue weighted by Crippen LogP contribution is -2.33. The zero-order chi connectivity index (χ0) is 13.5. The fraction of sp³-hybridized carbons (Fsp3) is 0.667. The van der Waals surface area contributed by atoms with Crippen molar-refractivity contribution in [2.75, 3.05) is 26.9 Å². The van der Waals surface area contributed by atoms with Crippen molar-refractivity contribution in [2.24, 2.45) is 5.92 Å². The molecule has 106 valence electrons. The Labute approximate surface area is 115 Å². The van der Waals surface area contributed by atoms with Crippen molar-refractivity contribution in [3.63, 3.8) is 0 Å². The van der Waals surface area contributed by atoms with Crippen LogP contribution in [0.25, 0.3) is 0 Å². The summed E-state index contributed by atoms with van der Waals surface area (Å²) in [5, 5.41) is 3.67. The summed E-state index contributed by atoms with van der Waals surface area (Å²) in [6, 6.07) is 2.41. The minimum atomic E-state index is 0.335. The van der Waals surface area contributed by atoms with Gasteiger partial charge >= 0.3 is 0 Å². The second-order valence-corrected chi connectivity index (χ2v) is 5.00. The van der Waals surface area contributed by atoms with E-state index in [9.17, 15) is 0 Å². The summed E-state index contributed by atoms with van der Waals surface area (Å²) in [5.41, 5.74) is 1.22. The zero-order valence-corrected chi connectivity index (χ0v) is 11.9. The molecule has 1 unspecified atom stereocenters. The largest absolute Gasteiger partial charge is 0.495 e. The number of pyridine rings is 1. The van der Waals surface area contributed by atoms with Crippen LogP contribution in [0.1, 0.15) is 37.8 Å². The Hall–Kier alpha value is -1.13. The molecule has 0 radical (unpaired) electrons. The number of methoxy groups -OCH3 is 1. The molecule has 1 N–H and O–H groups in total. The Morgan fingerprint density at radius 3 is 2.95 bits per heavy atom. The molecule has 4 heteroatoms. The Morgan fingerprint density at radius 1 is 1.47 bits per heavy atom. The summed E-state index contributed by atoms with van der Waals surface area (Å²) >= 11 is 0. The van der Waals surface area contributed by atoms with Gasteiger partial charge in [-0.3, -0.25) is 4.98 Å². The van der Waals surface area contributed by atoms with E-state index >= 15 is 0 Å². The molecule has 1 aromatic rings. The van der Waals surface area contributed by atoms with Crippen molar-refractivity contribution < 1.29 is 9.47 Å². The van der Waals surface area contributed by atoms with E-state index in [1.807, 2.05) is 6.20 Å². The van der Waals surface area contributed by atoms with Crippen LogP contribution in [-0.4, -0.2) is 31.9 Å². The Kier molecular flexibility index (Phi) is 5.61. The molecular weight excluding hydrogens is 240 g/mol. The van der Waals surface area contributed by atoms with Gasteiger partial charge in [0.15, 0.2) is 0 Å². The maximum atomic E-state index is 5.48. The van der Waals surface area contributed by atoms with Gasteiger partial charge in [-0.1, -0.05) is 6.92 Å². The van der Waals surface area contributed by atoms with Crippen LogP contribution >= 0.6 is 0 Å². The van der Waals surface area contributed by atoms with Gasteiger partial charge in [0.25, 0.3) is 0 Å². The predicted octanol–water partition coefficient (Wildman–Crippen LogP) is 2.56. The highest BCUT2D eigenvalue weighted by Crippen LogP contribution is 2.34. The molecule has 0 saturated carbocycles. The van der Waals surface area contributed by atoms with Gasteiger partial charge < -0.3 is 14.8 Å². The first-order valence-electron chi connectivity index (χ1n) is 7.15. The van der Waals surface area contributed by atoms with Crippen molar-refractivity contribution in [1.82, 2.24) is 10.3 Å². The lowest BCUT2D eigenvalue weighted by Gasteiger charge is -2.32. The van der Waals surface area contributed by atoms with E-state index in [1.54, 1.807) is 13.3 Å². The maximum Gasteiger partial charge on any atom is 0.141 e. The Morgan fingerprint density at radius 2 is 2.26 bits per heavy atom. The summed E-state index contributed by atoms with van der Waals surface area (Å²) in [7, 11) is 1.71. The minimum Gasteiger partial charge on any atom is -0.495 e. The smallest absolute Gasteiger partial charge is 0.141 e. The SMILES string of the molecule is CCCNC(c1ccncc1OC)C1CCOCC1. The number of hydrogen-bond donors (Lipinski definition) is 1. The Balaban J connectivity index is 2.19. The number of rotatable bonds is 6. The molecule has 0 aliphatic carbocycles. The second-order valence-electron chi connectivity index (χ2n) is 5.00. The summed E-state index contributed by atoms with van der Waals surface area (Å²) in [4.78, 5) is 4.15. The highest BCUT2D eigenvalue weighted by atomic mass is 16.5. The summed E-state index contributed by atoms with van der Waals surface area (Å²) < 4.78 is 10.9. The van der Waals surface area contributed by atoms with Crippen LogP contribution in [0.15, 0.2) is 18.5 Å². The lowest BCUT2D eigenvalue weighted by atomic mass is 9.87. The molecule has 2 rings (SSSR count). The zero-order valence-electron chi connectivity index (χ0n) is 11.9. The van der Waals surface area contributed by atoms with Gasteiger partial charge in [-0.05, 0) is 37.8 Å². The molecule has 1 saturated heterocycles. The topological polar surface area (TPSA) is 43.4 Å². The predicted molar refractivity (Wildman–Crippen MR) is 75.4 cm³/mol. The fourth-order valence-corrected chi connectivity index (χ4v) is 2.70. The number of ether oxygens (including phenoxy) is 2. The van der Waals surface area contributed by atoms with Crippen molar-refractivity contribution in [2.45, 2.75) is 32.2 Å². The third kappa shape index (κ3) is 3.67. The van der Waals surface area contributed by atoms with Gasteiger partial charge in [0.2, 0.25) is 0 Å². The van der Waals surface area contributed by atoms with Crippen LogP contribution in [0.4, 0.5) is 0 Å². The monoisotopic (exact) mass is 264 g/mol. The molecule has 4 nitrogen and oxygen atoms in total. The first-order valence-corrected chi connectivity index (χ1v) is 7.15. The van der Waals surface area contributed by atoms with Gasteiger partial charge in [0.05, 0.1) is 13.3 Å². The van der Waals surface area contributed by atoms with E-state index in [0.717, 1.165) is 44.8 Å². The molecule has 19 heavy (non-hydrogen) atoms. The summed E-state index contributed by atoms with van der Waals surface area (Å²) in [6.45, 7) is 4.94. The second kappa shape index (κ2) is 7.46. The summed E-state index contributed by atoms with van der Waals surface area (Å²) in [6.07, 6.45) is 6.99. The Bertz CT molecular complexity index is 378. The normalized spacial score (nSPS) is 18.2. The average molecular weight is 264 g/mol. The quantitative estimate of drug-likeness (QED) is 0.857. The molecule has 0 bridgehead atoms. The molecule has 0 aromatic carbocycles. The molecule has 2 heterocycles. The van der Waals surface area contributed by atoms with Gasteiger partial charge in [0.1, 0.15) is 5.75 Å². The highest BCUT2D eigenvalue weighted by Gasteiger charge is 2.27. The van der Waals surface area contributed by atoms with Gasteiger partial charge in [0, 0.05) is 31.0 Å². The third-order valence-electron chi connectivity index (χ3n) is 3.72. The van der Waals surface area contributed by atoms with E-state index in [0.29, 0.717) is 12.0 Å². The van der Waals surface area contributed by atoms with Gasteiger partial charge in [-0.15, -0.1) is 0 Å². The molecule has 1 aliphatic rings. The lowest BCUT2D eigenvalue weighted by molar-refractivity contribution is 0.0533. The number of hydrogen-bond acceptors (Lipinski definition) is 4. The number of aromatic nitrogens is 1. The van der Waals surface area contributed by atoms with Crippen LogP contribution in [0.5, 0.6) is 5.75 Å². The van der Waals surface area contributed by atoms with Crippen molar-refractivity contribution in [3.05, 3.63) is 24.0 Å². The molecule has 1 aliphatic heterocycles. The van der Waals surface area contributed by atoms with E-state index in [1.165, 1.54) is 5.56 Å². The highest BCUT2D eigenvalue weighted by molar-refractivity contribution is 5.33. The molecule has 1 atom stereocenters. The molecule has 0 amide bonds. The maximum absolute atomic E-state index is 5.48. The molecule has 1 fully saturated rings. The van der Waals surface area contributed by atoms with Crippen molar-refractivity contribution >= 4 is 0 Å². The number of nitrogens with zero attached hydrogens (tertiary/aromatic N) is 1. The van der Waals surface area contributed by atoms with Crippen LogP contribution in [0.2, 0.25) is 0 Å². The fourth-order valence-electron chi connectivity index (χ4n) is 2.70. The first kappa shape index (κ1) is 14.3. The van der Waals surface area contributed by atoms with Gasteiger partial charge in [-0.2, -0.15) is 0 Å². The first-order chi connectivity index (χ1) is 9.36. The molecule has 0 spiro atoms. The molecule has 1 aromatic heterocycles. The standard InChI is InChI=1S/C15H24N2O2/c1-3-7-17-15(12-5-9-19-10-6-12)13-4-8-16-11-14(13)18-2/h4,8,11-12,15,17H,3,5-7,9-10H2,1-2H3. The van der Waals surface area contributed by atoms with Crippen LogP contribution in [-0.2, 0) is 4.74 Å². The van der Waals surface area contributed by atoms with Crippen LogP contribution in [0.3, 0.4) is 0 Å². The van der Waals surface area contributed by atoms with Crippen molar-refractivity contribution in [3.8, 4) is 5.75 Å². The summed E-state index contributed by atoms with van der Waals surface area (Å²) in [5.74, 6) is 1.49. The average Bonchev–Trinajstić information content (AvgIpc) is 2.49. The van der Waals surface area contributed by atoms with E-state index in [-0.39, 0.29) is 0 Å². The minimum absolute atomic E-state index is 0.335. The van der Waals surface area contributed by atoms with Crippen molar-refractivity contribution in [1.29, 1.82) is 0 Å².